The van der Waals surface area contributed by atoms with Crippen LogP contribution in [-0.4, -0.2) is 43.4 Å². The molecule has 23 heavy (non-hydrogen) atoms. The highest BCUT2D eigenvalue weighted by Gasteiger charge is 2.31. The molecule has 0 N–H and O–H groups in total. The number of halogens is 2. The zero-order valence-electron chi connectivity index (χ0n) is 12.7. The van der Waals surface area contributed by atoms with Crippen molar-refractivity contribution in [3.63, 3.8) is 0 Å². The van der Waals surface area contributed by atoms with Crippen LogP contribution in [0.25, 0.3) is 6.08 Å². The summed E-state index contributed by atoms with van der Waals surface area (Å²) in [6.45, 7) is 2.67. The molecule has 0 aromatic heterocycles. The van der Waals surface area contributed by atoms with E-state index in [1.54, 1.807) is 17.0 Å². The van der Waals surface area contributed by atoms with E-state index in [1.807, 2.05) is 0 Å². The highest BCUT2D eigenvalue weighted by Crippen LogP contribution is 2.26. The molecular formula is C17H19BrFNO3. The van der Waals surface area contributed by atoms with Crippen molar-refractivity contribution in [2.75, 3.05) is 26.3 Å². The third kappa shape index (κ3) is 4.19. The van der Waals surface area contributed by atoms with E-state index in [0.717, 1.165) is 17.3 Å². The van der Waals surface area contributed by atoms with Crippen molar-refractivity contribution in [2.45, 2.75) is 19.1 Å². The minimum Gasteiger partial charge on any atom is -0.350 e. The van der Waals surface area contributed by atoms with Gasteiger partial charge in [-0.25, -0.2) is 4.39 Å². The summed E-state index contributed by atoms with van der Waals surface area (Å²) in [6.07, 6.45) is 4.59. The van der Waals surface area contributed by atoms with Gasteiger partial charge in [0.2, 0.25) is 5.91 Å². The van der Waals surface area contributed by atoms with Gasteiger partial charge in [-0.3, -0.25) is 4.79 Å². The van der Waals surface area contributed by atoms with Crippen LogP contribution in [0.2, 0.25) is 0 Å². The number of piperidine rings is 1. The first-order valence-corrected chi connectivity index (χ1v) is 8.58. The fourth-order valence-corrected chi connectivity index (χ4v) is 3.33. The quantitative estimate of drug-likeness (QED) is 0.752. The first kappa shape index (κ1) is 16.6. The van der Waals surface area contributed by atoms with Gasteiger partial charge in [-0.05, 0) is 37.1 Å². The highest BCUT2D eigenvalue weighted by molar-refractivity contribution is 9.10. The molecule has 0 aliphatic carbocycles. The second kappa shape index (κ2) is 7.55. The van der Waals surface area contributed by atoms with Crippen molar-refractivity contribution in [3.05, 3.63) is 40.1 Å². The van der Waals surface area contributed by atoms with E-state index in [9.17, 15) is 9.18 Å². The lowest BCUT2D eigenvalue weighted by Gasteiger charge is -2.33. The number of likely N-dealkylation sites (tertiary alicyclic amines) is 1. The molecule has 2 aliphatic heterocycles. The molecule has 124 valence electrons. The molecule has 1 aromatic carbocycles. The average Bonchev–Trinajstić information content (AvgIpc) is 3.10. The Morgan fingerprint density at radius 2 is 1.96 bits per heavy atom. The lowest BCUT2D eigenvalue weighted by molar-refractivity contribution is -0.131. The van der Waals surface area contributed by atoms with Gasteiger partial charge in [0.25, 0.3) is 0 Å². The van der Waals surface area contributed by atoms with Crippen molar-refractivity contribution < 1.29 is 18.7 Å². The molecule has 2 fully saturated rings. The molecule has 6 heteroatoms. The summed E-state index contributed by atoms with van der Waals surface area (Å²) in [5, 5.41) is 0. The summed E-state index contributed by atoms with van der Waals surface area (Å²) in [5.41, 5.74) is 0.398. The third-order valence-electron chi connectivity index (χ3n) is 4.25. The Bertz CT molecular complexity index is 594. The molecule has 0 unspecified atom stereocenters. The van der Waals surface area contributed by atoms with Gasteiger partial charge in [-0.2, -0.15) is 0 Å². The van der Waals surface area contributed by atoms with Gasteiger partial charge in [-0.15, -0.1) is 0 Å². The SMILES string of the molecule is O=C(/C=C/c1cc(Br)ccc1F)N1CCC(C2OCCO2)CC1. The predicted octanol–water partition coefficient (Wildman–Crippen LogP) is 3.21. The van der Waals surface area contributed by atoms with E-state index in [0.29, 0.717) is 37.8 Å². The summed E-state index contributed by atoms with van der Waals surface area (Å²) in [5.74, 6) is -0.0735. The van der Waals surface area contributed by atoms with E-state index in [2.05, 4.69) is 15.9 Å². The van der Waals surface area contributed by atoms with Crippen LogP contribution >= 0.6 is 15.9 Å². The van der Waals surface area contributed by atoms with Crippen LogP contribution in [-0.2, 0) is 14.3 Å². The number of amides is 1. The van der Waals surface area contributed by atoms with Gasteiger partial charge >= 0.3 is 0 Å². The van der Waals surface area contributed by atoms with Crippen LogP contribution in [0.15, 0.2) is 28.7 Å². The lowest BCUT2D eigenvalue weighted by atomic mass is 9.96. The van der Waals surface area contributed by atoms with E-state index < -0.39 is 0 Å². The van der Waals surface area contributed by atoms with Gasteiger partial charge in [0.1, 0.15) is 5.82 Å². The number of hydrogen-bond acceptors (Lipinski definition) is 3. The Balaban J connectivity index is 1.55. The van der Waals surface area contributed by atoms with Crippen LogP contribution in [0, 0.1) is 11.7 Å². The zero-order chi connectivity index (χ0) is 16.2. The molecule has 2 heterocycles. The molecule has 1 aromatic rings. The number of rotatable bonds is 3. The Morgan fingerprint density at radius 1 is 1.26 bits per heavy atom. The number of hydrogen-bond donors (Lipinski definition) is 0. The maximum Gasteiger partial charge on any atom is 0.246 e. The fourth-order valence-electron chi connectivity index (χ4n) is 2.95. The fraction of sp³-hybridized carbons (Fsp3) is 0.471. The maximum atomic E-state index is 13.7. The van der Waals surface area contributed by atoms with E-state index in [1.165, 1.54) is 18.2 Å². The van der Waals surface area contributed by atoms with Crippen molar-refractivity contribution in [3.8, 4) is 0 Å². The van der Waals surface area contributed by atoms with Crippen molar-refractivity contribution in [1.82, 2.24) is 4.90 Å². The number of ether oxygens (including phenoxy) is 2. The standard InChI is InChI=1S/C17H19BrFNO3/c18-14-2-3-15(19)13(11-14)1-4-16(21)20-7-5-12(6-8-20)17-22-9-10-23-17/h1-4,11-12,17H,5-10H2/b4-1+. The smallest absolute Gasteiger partial charge is 0.246 e. The average molecular weight is 384 g/mol. The van der Waals surface area contributed by atoms with Crippen molar-refractivity contribution in [2.24, 2.45) is 5.92 Å². The summed E-state index contributed by atoms with van der Waals surface area (Å²) >= 11 is 3.30. The number of benzene rings is 1. The van der Waals surface area contributed by atoms with Gasteiger partial charge in [0, 0.05) is 35.1 Å². The van der Waals surface area contributed by atoms with Crippen LogP contribution in [0.5, 0.6) is 0 Å². The zero-order valence-corrected chi connectivity index (χ0v) is 14.3. The highest BCUT2D eigenvalue weighted by atomic mass is 79.9. The van der Waals surface area contributed by atoms with Gasteiger partial charge in [-0.1, -0.05) is 15.9 Å². The Hall–Kier alpha value is -1.24. The van der Waals surface area contributed by atoms with Crippen molar-refractivity contribution in [1.29, 1.82) is 0 Å². The van der Waals surface area contributed by atoms with E-state index in [4.69, 9.17) is 9.47 Å². The molecule has 0 bridgehead atoms. The van der Waals surface area contributed by atoms with Crippen LogP contribution < -0.4 is 0 Å². The van der Waals surface area contributed by atoms with Crippen molar-refractivity contribution >= 4 is 27.9 Å². The Morgan fingerprint density at radius 3 is 2.65 bits per heavy atom. The molecule has 2 aliphatic rings. The second-order valence-corrected chi connectivity index (χ2v) is 6.69. The Kier molecular flexibility index (Phi) is 5.46. The Labute approximate surface area is 143 Å². The molecule has 4 nitrogen and oxygen atoms in total. The van der Waals surface area contributed by atoms with E-state index >= 15 is 0 Å². The second-order valence-electron chi connectivity index (χ2n) is 5.77. The molecule has 1 amide bonds. The van der Waals surface area contributed by atoms with Crippen LogP contribution in [0.4, 0.5) is 4.39 Å². The summed E-state index contributed by atoms with van der Waals surface area (Å²) in [6, 6.07) is 4.66. The lowest BCUT2D eigenvalue weighted by Crippen LogP contribution is -2.40. The molecule has 0 atom stereocenters. The van der Waals surface area contributed by atoms with E-state index in [-0.39, 0.29) is 18.0 Å². The van der Waals surface area contributed by atoms with Gasteiger partial charge in [0.05, 0.1) is 13.2 Å². The summed E-state index contributed by atoms with van der Waals surface area (Å²) in [7, 11) is 0. The molecule has 3 rings (SSSR count). The molecule has 0 spiro atoms. The largest absolute Gasteiger partial charge is 0.350 e. The minimum atomic E-state index is -0.341. The topological polar surface area (TPSA) is 38.8 Å². The minimum absolute atomic E-state index is 0.0870. The van der Waals surface area contributed by atoms with Crippen LogP contribution in [0.3, 0.4) is 0 Å². The predicted molar refractivity (Wildman–Crippen MR) is 88.1 cm³/mol. The molecule has 2 saturated heterocycles. The maximum absolute atomic E-state index is 13.7. The van der Waals surface area contributed by atoms with Gasteiger partial charge < -0.3 is 14.4 Å². The first-order chi connectivity index (χ1) is 11.1. The monoisotopic (exact) mass is 383 g/mol. The molecule has 0 radical (unpaired) electrons. The molecular weight excluding hydrogens is 365 g/mol. The van der Waals surface area contributed by atoms with Gasteiger partial charge in [0.15, 0.2) is 6.29 Å². The summed E-state index contributed by atoms with van der Waals surface area (Å²) in [4.78, 5) is 14.0. The third-order valence-corrected chi connectivity index (χ3v) is 4.74. The first-order valence-electron chi connectivity index (χ1n) is 7.79. The number of carbonyl (C=O) groups is 1. The van der Waals surface area contributed by atoms with Crippen LogP contribution in [0.1, 0.15) is 18.4 Å². The number of carbonyl (C=O) groups excluding carboxylic acids is 1. The summed E-state index contributed by atoms with van der Waals surface area (Å²) < 4.78 is 25.5. The molecule has 0 saturated carbocycles. The normalized spacial score (nSPS) is 20.5. The number of nitrogens with zero attached hydrogens (tertiary/aromatic N) is 1.